The molecule has 1 saturated carbocycles. The second kappa shape index (κ2) is 11.4. The standard InChI is InChI=1S/C23H28ClFN4O5/c24-15-5-3-13(16(25)11-15)4-6-19(30)28-18(9-12-1-2-12)23(34)29-17(20(31)21(26)32)10-14-7-8-27-22(14)33/h3-6,11-12,14,17-18,20,31H,1-2,7-10H2,(H2,26,32)(H,27,33)(H,28,30)(H,29,34)/b6-4+. The summed E-state index contributed by atoms with van der Waals surface area (Å²) in [7, 11) is 0. The first-order valence-corrected chi connectivity index (χ1v) is 11.5. The molecule has 0 aromatic heterocycles. The third kappa shape index (κ3) is 7.26. The molecule has 34 heavy (non-hydrogen) atoms. The van der Waals surface area contributed by atoms with E-state index in [0.29, 0.717) is 19.4 Å². The second-order valence-electron chi connectivity index (χ2n) is 8.71. The van der Waals surface area contributed by atoms with Gasteiger partial charge in [-0.1, -0.05) is 30.5 Å². The van der Waals surface area contributed by atoms with Gasteiger partial charge in [0.1, 0.15) is 11.9 Å². The Hall–Kier alpha value is -2.98. The Labute approximate surface area is 201 Å². The van der Waals surface area contributed by atoms with Gasteiger partial charge in [-0.25, -0.2) is 4.39 Å². The van der Waals surface area contributed by atoms with E-state index in [9.17, 15) is 28.7 Å². The third-order valence-corrected chi connectivity index (χ3v) is 6.21. The fourth-order valence-electron chi connectivity index (χ4n) is 3.87. The number of carbonyl (C=O) groups is 4. The maximum absolute atomic E-state index is 13.9. The number of carbonyl (C=O) groups excluding carboxylic acids is 4. The van der Waals surface area contributed by atoms with Gasteiger partial charge in [0.05, 0.1) is 6.04 Å². The van der Waals surface area contributed by atoms with Crippen molar-refractivity contribution in [3.05, 3.63) is 40.7 Å². The molecule has 0 radical (unpaired) electrons. The monoisotopic (exact) mass is 494 g/mol. The number of rotatable bonds is 11. The van der Waals surface area contributed by atoms with E-state index in [1.807, 2.05) is 0 Å². The summed E-state index contributed by atoms with van der Waals surface area (Å²) in [6, 6.07) is 2.00. The minimum absolute atomic E-state index is 0.0293. The van der Waals surface area contributed by atoms with Crippen molar-refractivity contribution in [3.63, 3.8) is 0 Å². The first-order chi connectivity index (χ1) is 16.1. The molecule has 1 saturated heterocycles. The van der Waals surface area contributed by atoms with Crippen LogP contribution in [0.2, 0.25) is 5.02 Å². The van der Waals surface area contributed by atoms with E-state index in [2.05, 4.69) is 16.0 Å². The largest absolute Gasteiger partial charge is 0.381 e. The number of benzene rings is 1. The molecule has 2 aliphatic rings. The van der Waals surface area contributed by atoms with Crippen LogP contribution in [0.3, 0.4) is 0 Å². The number of amides is 4. The zero-order valence-electron chi connectivity index (χ0n) is 18.4. The van der Waals surface area contributed by atoms with Crippen molar-refractivity contribution < 1.29 is 28.7 Å². The Kier molecular flexibility index (Phi) is 8.62. The van der Waals surface area contributed by atoms with Crippen molar-refractivity contribution in [2.75, 3.05) is 6.54 Å². The summed E-state index contributed by atoms with van der Waals surface area (Å²) in [5.41, 5.74) is 5.38. The van der Waals surface area contributed by atoms with Crippen LogP contribution in [0.4, 0.5) is 4.39 Å². The average Bonchev–Trinajstić information content (AvgIpc) is 3.51. The van der Waals surface area contributed by atoms with E-state index < -0.39 is 47.6 Å². The van der Waals surface area contributed by atoms with E-state index in [-0.39, 0.29) is 28.8 Å². The fraction of sp³-hybridized carbons (Fsp3) is 0.478. The summed E-state index contributed by atoms with van der Waals surface area (Å²) in [4.78, 5) is 49.0. The van der Waals surface area contributed by atoms with Crippen LogP contribution in [0, 0.1) is 17.7 Å². The van der Waals surface area contributed by atoms with Crippen molar-refractivity contribution in [2.24, 2.45) is 17.6 Å². The van der Waals surface area contributed by atoms with Crippen LogP contribution in [-0.2, 0) is 19.2 Å². The average molecular weight is 495 g/mol. The van der Waals surface area contributed by atoms with Crippen LogP contribution in [-0.4, -0.2) is 53.5 Å². The highest BCUT2D eigenvalue weighted by Crippen LogP contribution is 2.33. The molecule has 0 spiro atoms. The maximum atomic E-state index is 13.9. The van der Waals surface area contributed by atoms with Gasteiger partial charge in [0.15, 0.2) is 6.10 Å². The van der Waals surface area contributed by atoms with Crippen LogP contribution in [0.25, 0.3) is 6.08 Å². The van der Waals surface area contributed by atoms with Gasteiger partial charge in [-0.2, -0.15) is 0 Å². The Balaban J connectivity index is 1.67. The molecule has 2 fully saturated rings. The van der Waals surface area contributed by atoms with Crippen LogP contribution in [0.5, 0.6) is 0 Å². The number of hydrogen-bond donors (Lipinski definition) is 5. The molecule has 1 aliphatic heterocycles. The lowest BCUT2D eigenvalue weighted by atomic mass is 9.94. The van der Waals surface area contributed by atoms with Gasteiger partial charge in [0.2, 0.25) is 23.6 Å². The SMILES string of the molecule is NC(=O)C(O)C(CC1CCNC1=O)NC(=O)C(CC1CC1)NC(=O)/C=C/c1ccc(Cl)cc1F. The maximum Gasteiger partial charge on any atom is 0.248 e. The molecule has 1 heterocycles. The van der Waals surface area contributed by atoms with Gasteiger partial charge in [0, 0.05) is 29.1 Å². The lowest BCUT2D eigenvalue weighted by Crippen LogP contribution is -2.55. The van der Waals surface area contributed by atoms with Gasteiger partial charge in [-0.05, 0) is 43.4 Å². The fourth-order valence-corrected chi connectivity index (χ4v) is 4.02. The molecular weight excluding hydrogens is 467 g/mol. The van der Waals surface area contributed by atoms with Gasteiger partial charge >= 0.3 is 0 Å². The van der Waals surface area contributed by atoms with Crippen molar-refractivity contribution in [1.29, 1.82) is 0 Å². The number of hydrogen-bond acceptors (Lipinski definition) is 5. The van der Waals surface area contributed by atoms with E-state index in [0.717, 1.165) is 25.0 Å². The smallest absolute Gasteiger partial charge is 0.248 e. The number of aliphatic hydroxyl groups is 1. The van der Waals surface area contributed by atoms with Gasteiger partial charge in [-0.15, -0.1) is 0 Å². The van der Waals surface area contributed by atoms with Gasteiger partial charge < -0.3 is 26.8 Å². The summed E-state index contributed by atoms with van der Waals surface area (Å²) in [5.74, 6) is -3.28. The molecule has 6 N–H and O–H groups in total. The summed E-state index contributed by atoms with van der Waals surface area (Å²) in [5, 5.41) is 18.3. The van der Waals surface area contributed by atoms with Crippen molar-refractivity contribution in [2.45, 2.75) is 50.3 Å². The minimum atomic E-state index is -1.69. The molecule has 9 nitrogen and oxygen atoms in total. The zero-order valence-corrected chi connectivity index (χ0v) is 19.2. The zero-order chi connectivity index (χ0) is 24.8. The predicted octanol–water partition coefficient (Wildman–Crippen LogP) is 0.634. The van der Waals surface area contributed by atoms with Crippen molar-refractivity contribution in [3.8, 4) is 0 Å². The summed E-state index contributed by atoms with van der Waals surface area (Å²) in [6.07, 6.45) is 3.42. The molecule has 1 aliphatic carbocycles. The summed E-state index contributed by atoms with van der Waals surface area (Å²) < 4.78 is 13.9. The first-order valence-electron chi connectivity index (χ1n) is 11.1. The molecule has 11 heteroatoms. The van der Waals surface area contributed by atoms with Crippen LogP contribution >= 0.6 is 11.6 Å². The number of primary amides is 1. The Morgan fingerprint density at radius 2 is 1.97 bits per heavy atom. The number of nitrogens with two attached hydrogens (primary N) is 1. The molecule has 0 bridgehead atoms. The third-order valence-electron chi connectivity index (χ3n) is 5.98. The highest BCUT2D eigenvalue weighted by Gasteiger charge is 2.36. The molecule has 4 atom stereocenters. The lowest BCUT2D eigenvalue weighted by molar-refractivity contribution is -0.133. The summed E-state index contributed by atoms with van der Waals surface area (Å²) >= 11 is 5.73. The molecule has 1 aromatic carbocycles. The number of halogens is 2. The van der Waals surface area contributed by atoms with Crippen molar-refractivity contribution in [1.82, 2.24) is 16.0 Å². The highest BCUT2D eigenvalue weighted by molar-refractivity contribution is 6.30. The summed E-state index contributed by atoms with van der Waals surface area (Å²) in [6.45, 7) is 0.470. The van der Waals surface area contributed by atoms with E-state index in [1.165, 1.54) is 18.2 Å². The normalized spacial score (nSPS) is 20.4. The van der Waals surface area contributed by atoms with Crippen molar-refractivity contribution >= 4 is 41.3 Å². The Bertz CT molecular complexity index is 984. The quantitative estimate of drug-likeness (QED) is 0.286. The number of nitrogens with one attached hydrogen (secondary N) is 3. The Morgan fingerprint density at radius 1 is 1.24 bits per heavy atom. The van der Waals surface area contributed by atoms with E-state index in [1.54, 1.807) is 0 Å². The van der Waals surface area contributed by atoms with E-state index >= 15 is 0 Å². The van der Waals surface area contributed by atoms with Crippen LogP contribution in [0.15, 0.2) is 24.3 Å². The second-order valence-corrected chi connectivity index (χ2v) is 9.15. The van der Waals surface area contributed by atoms with Gasteiger partial charge in [0.25, 0.3) is 0 Å². The Morgan fingerprint density at radius 3 is 2.56 bits per heavy atom. The van der Waals surface area contributed by atoms with Crippen LogP contribution in [0.1, 0.15) is 37.7 Å². The molecule has 1 aromatic rings. The predicted molar refractivity (Wildman–Crippen MR) is 123 cm³/mol. The molecule has 184 valence electrons. The number of aliphatic hydroxyl groups excluding tert-OH is 1. The molecule has 3 rings (SSSR count). The van der Waals surface area contributed by atoms with Gasteiger partial charge in [-0.3, -0.25) is 19.2 Å². The van der Waals surface area contributed by atoms with Crippen LogP contribution < -0.4 is 21.7 Å². The highest BCUT2D eigenvalue weighted by atomic mass is 35.5. The van der Waals surface area contributed by atoms with E-state index in [4.69, 9.17) is 17.3 Å². The molecular formula is C23H28ClFN4O5. The molecule has 4 unspecified atom stereocenters. The first kappa shape index (κ1) is 25.6. The minimum Gasteiger partial charge on any atom is -0.381 e. The topological polar surface area (TPSA) is 151 Å². The molecule has 4 amide bonds. The lowest BCUT2D eigenvalue weighted by Gasteiger charge is -2.26.